The number of hydrogen-bond acceptors (Lipinski definition) is 2. The van der Waals surface area contributed by atoms with Crippen LogP contribution in [0.25, 0.3) is 10.8 Å². The minimum atomic E-state index is -0.387. The van der Waals surface area contributed by atoms with E-state index in [0.29, 0.717) is 6.42 Å². The molecule has 0 aliphatic heterocycles. The third-order valence-electron chi connectivity index (χ3n) is 4.50. The van der Waals surface area contributed by atoms with Gasteiger partial charge in [-0.3, -0.25) is 4.79 Å². The number of hydrogen-bond donors (Lipinski definition) is 2. The van der Waals surface area contributed by atoms with Crippen LogP contribution in [-0.2, 0) is 11.2 Å². The topological polar surface area (TPSA) is 49.3 Å². The molecule has 3 heteroatoms. The number of benzene rings is 2. The predicted octanol–water partition coefficient (Wildman–Crippen LogP) is 2.80. The van der Waals surface area contributed by atoms with Crippen LogP contribution in [0.3, 0.4) is 0 Å². The van der Waals surface area contributed by atoms with Crippen molar-refractivity contribution in [2.75, 3.05) is 6.61 Å². The number of fused-ring (bicyclic) bond motifs is 1. The highest BCUT2D eigenvalue weighted by molar-refractivity contribution is 5.90. The highest BCUT2D eigenvalue weighted by Gasteiger charge is 2.34. The number of nitrogens with one attached hydrogen (secondary N) is 1. The number of rotatable bonds is 4. The van der Waals surface area contributed by atoms with Crippen molar-refractivity contribution in [2.45, 2.75) is 37.6 Å². The number of carbonyl (C=O) groups excluding carboxylic acids is 1. The molecule has 0 unspecified atom stereocenters. The van der Waals surface area contributed by atoms with Crippen molar-refractivity contribution in [2.24, 2.45) is 0 Å². The van der Waals surface area contributed by atoms with Gasteiger partial charge in [0, 0.05) is 0 Å². The Morgan fingerprint density at radius 1 is 1.10 bits per heavy atom. The summed E-state index contributed by atoms with van der Waals surface area (Å²) in [5, 5.41) is 14.9. The molecule has 3 rings (SSSR count). The second kappa shape index (κ2) is 5.86. The van der Waals surface area contributed by atoms with Gasteiger partial charge in [-0.25, -0.2) is 0 Å². The molecule has 2 aromatic rings. The second-order valence-electron chi connectivity index (χ2n) is 6.01. The van der Waals surface area contributed by atoms with Gasteiger partial charge in [0.2, 0.25) is 5.91 Å². The first-order chi connectivity index (χ1) is 10.2. The Morgan fingerprint density at radius 2 is 1.81 bits per heavy atom. The Kier molecular flexibility index (Phi) is 3.93. The normalized spacial score (nSPS) is 17.0. The first-order valence-electron chi connectivity index (χ1n) is 7.61. The van der Waals surface area contributed by atoms with E-state index in [4.69, 9.17) is 0 Å². The van der Waals surface area contributed by atoms with Crippen molar-refractivity contribution in [1.29, 1.82) is 0 Å². The Bertz CT molecular complexity index is 639. The number of carbonyl (C=O) groups is 1. The molecule has 1 saturated carbocycles. The summed E-state index contributed by atoms with van der Waals surface area (Å²) >= 11 is 0. The van der Waals surface area contributed by atoms with Gasteiger partial charge in [0.05, 0.1) is 18.6 Å². The molecule has 0 spiro atoms. The van der Waals surface area contributed by atoms with E-state index >= 15 is 0 Å². The molecule has 0 aromatic heterocycles. The minimum absolute atomic E-state index is 0.00213. The molecule has 3 nitrogen and oxygen atoms in total. The standard InChI is InChI=1S/C18H21NO2/c20-13-18(10-3-4-11-18)19-17(21)12-15-8-5-7-14-6-1-2-9-16(14)15/h1-2,5-9,20H,3-4,10-13H2,(H,19,21). The largest absolute Gasteiger partial charge is 0.394 e. The predicted molar refractivity (Wildman–Crippen MR) is 84.1 cm³/mol. The first kappa shape index (κ1) is 14.1. The summed E-state index contributed by atoms with van der Waals surface area (Å²) in [6, 6.07) is 14.2. The lowest BCUT2D eigenvalue weighted by molar-refractivity contribution is -0.122. The average molecular weight is 283 g/mol. The summed E-state index contributed by atoms with van der Waals surface area (Å²) in [7, 11) is 0. The van der Waals surface area contributed by atoms with Gasteiger partial charge in [-0.05, 0) is 29.2 Å². The Morgan fingerprint density at radius 3 is 2.57 bits per heavy atom. The molecule has 0 saturated heterocycles. The molecule has 0 heterocycles. The van der Waals surface area contributed by atoms with Crippen LogP contribution in [0.2, 0.25) is 0 Å². The summed E-state index contributed by atoms with van der Waals surface area (Å²) in [5.74, 6) is 0.00213. The number of aliphatic hydroxyl groups excluding tert-OH is 1. The molecule has 1 aliphatic carbocycles. The van der Waals surface area contributed by atoms with Crippen LogP contribution in [0.15, 0.2) is 42.5 Å². The van der Waals surface area contributed by atoms with E-state index in [9.17, 15) is 9.90 Å². The van der Waals surface area contributed by atoms with E-state index in [1.807, 2.05) is 24.3 Å². The summed E-state index contributed by atoms with van der Waals surface area (Å²) < 4.78 is 0. The molecule has 21 heavy (non-hydrogen) atoms. The fourth-order valence-electron chi connectivity index (χ4n) is 3.33. The van der Waals surface area contributed by atoms with Crippen molar-refractivity contribution >= 4 is 16.7 Å². The van der Waals surface area contributed by atoms with Gasteiger partial charge < -0.3 is 10.4 Å². The summed E-state index contributed by atoms with van der Waals surface area (Å²) in [6.45, 7) is 0.0360. The van der Waals surface area contributed by atoms with Crippen molar-refractivity contribution in [1.82, 2.24) is 5.32 Å². The summed E-state index contributed by atoms with van der Waals surface area (Å²) in [5.41, 5.74) is 0.651. The maximum absolute atomic E-state index is 12.4. The quantitative estimate of drug-likeness (QED) is 0.906. The maximum Gasteiger partial charge on any atom is 0.224 e. The Balaban J connectivity index is 1.77. The smallest absolute Gasteiger partial charge is 0.224 e. The zero-order valence-electron chi connectivity index (χ0n) is 12.1. The van der Waals surface area contributed by atoms with Crippen molar-refractivity contribution in [3.05, 3.63) is 48.0 Å². The van der Waals surface area contributed by atoms with Gasteiger partial charge in [0.15, 0.2) is 0 Å². The molecular weight excluding hydrogens is 262 g/mol. The molecule has 0 bridgehead atoms. The molecule has 1 aliphatic rings. The van der Waals surface area contributed by atoms with Crippen molar-refractivity contribution < 1.29 is 9.90 Å². The number of amides is 1. The number of aliphatic hydroxyl groups is 1. The molecule has 2 N–H and O–H groups in total. The van der Waals surface area contributed by atoms with E-state index in [-0.39, 0.29) is 18.1 Å². The van der Waals surface area contributed by atoms with Crippen LogP contribution in [0.1, 0.15) is 31.2 Å². The molecule has 0 radical (unpaired) electrons. The van der Waals surface area contributed by atoms with Crippen molar-refractivity contribution in [3.8, 4) is 0 Å². The van der Waals surface area contributed by atoms with Gasteiger partial charge in [-0.1, -0.05) is 55.3 Å². The molecule has 110 valence electrons. The molecular formula is C18H21NO2. The molecule has 1 fully saturated rings. The third-order valence-corrected chi connectivity index (χ3v) is 4.50. The van der Waals surface area contributed by atoms with Gasteiger partial charge in [0.25, 0.3) is 0 Å². The van der Waals surface area contributed by atoms with Gasteiger partial charge in [-0.2, -0.15) is 0 Å². The minimum Gasteiger partial charge on any atom is -0.394 e. The zero-order valence-corrected chi connectivity index (χ0v) is 12.1. The van der Waals surface area contributed by atoms with E-state index < -0.39 is 0 Å². The highest BCUT2D eigenvalue weighted by atomic mass is 16.3. The zero-order chi connectivity index (χ0) is 14.7. The van der Waals surface area contributed by atoms with Gasteiger partial charge >= 0.3 is 0 Å². The lowest BCUT2D eigenvalue weighted by Crippen LogP contribution is -2.49. The maximum atomic E-state index is 12.4. The highest BCUT2D eigenvalue weighted by Crippen LogP contribution is 2.29. The molecule has 2 aromatic carbocycles. The average Bonchev–Trinajstić information content (AvgIpc) is 2.96. The first-order valence-corrected chi connectivity index (χ1v) is 7.61. The lowest BCUT2D eigenvalue weighted by atomic mass is 9.97. The van der Waals surface area contributed by atoms with E-state index in [2.05, 4.69) is 23.5 Å². The van der Waals surface area contributed by atoms with Crippen LogP contribution < -0.4 is 5.32 Å². The van der Waals surface area contributed by atoms with E-state index in [1.165, 1.54) is 0 Å². The lowest BCUT2D eigenvalue weighted by Gasteiger charge is -2.28. The van der Waals surface area contributed by atoms with E-state index in [0.717, 1.165) is 42.0 Å². The van der Waals surface area contributed by atoms with Crippen LogP contribution in [0.5, 0.6) is 0 Å². The van der Waals surface area contributed by atoms with E-state index in [1.54, 1.807) is 0 Å². The SMILES string of the molecule is O=C(Cc1cccc2ccccc12)NC1(CO)CCCC1. The van der Waals surface area contributed by atoms with Crippen LogP contribution in [0, 0.1) is 0 Å². The summed E-state index contributed by atoms with van der Waals surface area (Å²) in [6.07, 6.45) is 4.28. The molecule has 1 amide bonds. The second-order valence-corrected chi connectivity index (χ2v) is 6.01. The van der Waals surface area contributed by atoms with Gasteiger partial charge in [0.1, 0.15) is 0 Å². The fourth-order valence-corrected chi connectivity index (χ4v) is 3.33. The Hall–Kier alpha value is -1.87. The molecule has 0 atom stereocenters. The fraction of sp³-hybridized carbons (Fsp3) is 0.389. The van der Waals surface area contributed by atoms with Crippen LogP contribution in [-0.4, -0.2) is 23.2 Å². The van der Waals surface area contributed by atoms with Gasteiger partial charge in [-0.15, -0.1) is 0 Å². The van der Waals surface area contributed by atoms with Crippen molar-refractivity contribution in [3.63, 3.8) is 0 Å². The Labute approximate surface area is 125 Å². The monoisotopic (exact) mass is 283 g/mol. The van der Waals surface area contributed by atoms with Crippen LogP contribution in [0.4, 0.5) is 0 Å². The van der Waals surface area contributed by atoms with Crippen LogP contribution >= 0.6 is 0 Å². The third kappa shape index (κ3) is 2.93. The summed E-state index contributed by atoms with van der Waals surface area (Å²) in [4.78, 5) is 12.4.